The Morgan fingerprint density at radius 2 is 2.00 bits per heavy atom. The molecule has 2 rings (SSSR count). The highest BCUT2D eigenvalue weighted by molar-refractivity contribution is 6.31. The summed E-state index contributed by atoms with van der Waals surface area (Å²) in [6.45, 7) is 7.36. The molecule has 0 bridgehead atoms. The number of nitrogens with two attached hydrogens (primary N) is 1. The van der Waals surface area contributed by atoms with E-state index in [4.69, 9.17) is 17.3 Å². The Labute approximate surface area is 126 Å². The van der Waals surface area contributed by atoms with E-state index in [1.165, 1.54) is 6.07 Å². The normalized spacial score (nSPS) is 25.5. The molecular formula is C16H24ClFN2. The molecule has 0 radical (unpaired) electrons. The smallest absolute Gasteiger partial charge is 0.129 e. The number of hydrogen-bond donors (Lipinski definition) is 1. The zero-order valence-corrected chi connectivity index (χ0v) is 13.3. The van der Waals surface area contributed by atoms with Crippen LogP contribution in [0.1, 0.15) is 51.6 Å². The summed E-state index contributed by atoms with van der Waals surface area (Å²) in [5.41, 5.74) is 6.85. The second kappa shape index (κ2) is 6.00. The molecule has 2 N–H and O–H groups in total. The van der Waals surface area contributed by atoms with E-state index in [2.05, 4.69) is 25.7 Å². The van der Waals surface area contributed by atoms with Gasteiger partial charge in [-0.15, -0.1) is 0 Å². The SMILES string of the molecule is CC(C)(C)N1CCCCC(N)C1c1c(F)cccc1Cl. The predicted octanol–water partition coefficient (Wildman–Crippen LogP) is 4.13. The Morgan fingerprint density at radius 1 is 1.30 bits per heavy atom. The molecular weight excluding hydrogens is 275 g/mol. The lowest BCUT2D eigenvalue weighted by molar-refractivity contribution is 0.0736. The van der Waals surface area contributed by atoms with Gasteiger partial charge in [-0.2, -0.15) is 0 Å². The summed E-state index contributed by atoms with van der Waals surface area (Å²) in [6, 6.07) is 4.61. The van der Waals surface area contributed by atoms with Gasteiger partial charge >= 0.3 is 0 Å². The summed E-state index contributed by atoms with van der Waals surface area (Å²) < 4.78 is 14.3. The second-order valence-electron chi connectivity index (χ2n) is 6.60. The first-order valence-corrected chi connectivity index (χ1v) is 7.66. The quantitative estimate of drug-likeness (QED) is 0.844. The highest BCUT2D eigenvalue weighted by atomic mass is 35.5. The van der Waals surface area contributed by atoms with Crippen molar-refractivity contribution in [3.05, 3.63) is 34.6 Å². The fourth-order valence-electron chi connectivity index (χ4n) is 3.11. The Kier molecular flexibility index (Phi) is 4.73. The van der Waals surface area contributed by atoms with E-state index in [9.17, 15) is 4.39 Å². The van der Waals surface area contributed by atoms with Crippen molar-refractivity contribution in [1.82, 2.24) is 4.90 Å². The summed E-state index contributed by atoms with van der Waals surface area (Å²) >= 11 is 6.27. The van der Waals surface area contributed by atoms with E-state index in [1.807, 2.05) is 0 Å². The molecule has 1 heterocycles. The Balaban J connectivity index is 2.51. The lowest BCUT2D eigenvalue weighted by Crippen LogP contribution is -2.49. The molecule has 1 saturated heterocycles. The van der Waals surface area contributed by atoms with Crippen LogP contribution in [-0.2, 0) is 0 Å². The van der Waals surface area contributed by atoms with Crippen LogP contribution in [0.2, 0.25) is 5.02 Å². The third-order valence-electron chi connectivity index (χ3n) is 4.08. The van der Waals surface area contributed by atoms with Crippen LogP contribution in [0.5, 0.6) is 0 Å². The highest BCUT2D eigenvalue weighted by Crippen LogP contribution is 2.38. The molecule has 1 fully saturated rings. The van der Waals surface area contributed by atoms with E-state index < -0.39 is 0 Å². The number of rotatable bonds is 1. The van der Waals surface area contributed by atoms with Gasteiger partial charge in [0.25, 0.3) is 0 Å². The average Bonchev–Trinajstić information content (AvgIpc) is 2.51. The molecule has 1 aromatic rings. The molecule has 2 atom stereocenters. The molecule has 1 aliphatic heterocycles. The zero-order valence-electron chi connectivity index (χ0n) is 12.5. The van der Waals surface area contributed by atoms with E-state index in [0.29, 0.717) is 10.6 Å². The lowest BCUT2D eigenvalue weighted by atomic mass is 9.92. The molecule has 0 aliphatic carbocycles. The lowest BCUT2D eigenvalue weighted by Gasteiger charge is -2.43. The molecule has 112 valence electrons. The van der Waals surface area contributed by atoms with E-state index in [-0.39, 0.29) is 23.4 Å². The van der Waals surface area contributed by atoms with Crippen LogP contribution in [0.4, 0.5) is 4.39 Å². The summed E-state index contributed by atoms with van der Waals surface area (Å²) in [5.74, 6) is -0.255. The number of benzene rings is 1. The standard InChI is InChI=1S/C16H24ClFN2/c1-16(2,3)20-10-5-4-9-13(19)15(20)14-11(17)7-6-8-12(14)18/h6-8,13,15H,4-5,9-10,19H2,1-3H3. The number of hydrogen-bond acceptors (Lipinski definition) is 2. The van der Waals surface area contributed by atoms with Crippen molar-refractivity contribution in [2.24, 2.45) is 5.73 Å². The molecule has 0 spiro atoms. The largest absolute Gasteiger partial charge is 0.326 e. The molecule has 0 amide bonds. The third-order valence-corrected chi connectivity index (χ3v) is 4.41. The minimum atomic E-state index is -0.255. The summed E-state index contributed by atoms with van der Waals surface area (Å²) in [5, 5.41) is 0.474. The van der Waals surface area contributed by atoms with Crippen LogP contribution in [0, 0.1) is 5.82 Å². The molecule has 2 unspecified atom stereocenters. The van der Waals surface area contributed by atoms with Crippen molar-refractivity contribution >= 4 is 11.6 Å². The van der Waals surface area contributed by atoms with Crippen molar-refractivity contribution < 1.29 is 4.39 Å². The first kappa shape index (κ1) is 15.7. The van der Waals surface area contributed by atoms with Gasteiger partial charge in [0.2, 0.25) is 0 Å². The van der Waals surface area contributed by atoms with Gasteiger partial charge in [-0.3, -0.25) is 4.90 Å². The minimum absolute atomic E-state index is 0.0712. The van der Waals surface area contributed by atoms with E-state index in [1.54, 1.807) is 12.1 Å². The number of halogens is 2. The van der Waals surface area contributed by atoms with Crippen molar-refractivity contribution in [3.63, 3.8) is 0 Å². The van der Waals surface area contributed by atoms with E-state index >= 15 is 0 Å². The first-order valence-electron chi connectivity index (χ1n) is 7.28. The van der Waals surface area contributed by atoms with Crippen molar-refractivity contribution in [1.29, 1.82) is 0 Å². The summed E-state index contributed by atoms with van der Waals surface area (Å²) in [6.07, 6.45) is 3.08. The molecule has 2 nitrogen and oxygen atoms in total. The van der Waals surface area contributed by atoms with Gasteiger partial charge in [0.1, 0.15) is 5.82 Å². The van der Waals surface area contributed by atoms with Crippen LogP contribution in [-0.4, -0.2) is 23.0 Å². The minimum Gasteiger partial charge on any atom is -0.326 e. The topological polar surface area (TPSA) is 29.3 Å². The van der Waals surface area contributed by atoms with Gasteiger partial charge in [-0.25, -0.2) is 4.39 Å². The van der Waals surface area contributed by atoms with Crippen LogP contribution in [0.15, 0.2) is 18.2 Å². The highest BCUT2D eigenvalue weighted by Gasteiger charge is 2.37. The van der Waals surface area contributed by atoms with Crippen LogP contribution in [0.3, 0.4) is 0 Å². The van der Waals surface area contributed by atoms with Crippen molar-refractivity contribution in [2.45, 2.75) is 57.7 Å². The Hall–Kier alpha value is -0.640. The molecule has 1 aromatic carbocycles. The molecule has 20 heavy (non-hydrogen) atoms. The zero-order chi connectivity index (χ0) is 14.9. The van der Waals surface area contributed by atoms with Gasteiger partial charge in [0.15, 0.2) is 0 Å². The third kappa shape index (κ3) is 3.16. The summed E-state index contributed by atoms with van der Waals surface area (Å²) in [4.78, 5) is 2.30. The molecule has 0 aromatic heterocycles. The van der Waals surface area contributed by atoms with Crippen molar-refractivity contribution in [3.8, 4) is 0 Å². The second-order valence-corrected chi connectivity index (χ2v) is 7.01. The van der Waals surface area contributed by atoms with Crippen LogP contribution >= 0.6 is 11.6 Å². The predicted molar refractivity (Wildman–Crippen MR) is 82.4 cm³/mol. The Morgan fingerprint density at radius 3 is 2.60 bits per heavy atom. The van der Waals surface area contributed by atoms with Gasteiger partial charge in [0, 0.05) is 22.2 Å². The fraction of sp³-hybridized carbons (Fsp3) is 0.625. The monoisotopic (exact) mass is 298 g/mol. The van der Waals surface area contributed by atoms with Gasteiger partial charge in [-0.1, -0.05) is 24.1 Å². The molecule has 4 heteroatoms. The maximum absolute atomic E-state index is 14.3. The van der Waals surface area contributed by atoms with Gasteiger partial charge in [-0.05, 0) is 52.3 Å². The van der Waals surface area contributed by atoms with Gasteiger partial charge < -0.3 is 5.73 Å². The van der Waals surface area contributed by atoms with E-state index in [0.717, 1.165) is 25.8 Å². The van der Waals surface area contributed by atoms with Crippen molar-refractivity contribution in [2.75, 3.05) is 6.54 Å². The number of nitrogens with zero attached hydrogens (tertiary/aromatic N) is 1. The first-order chi connectivity index (χ1) is 9.32. The average molecular weight is 299 g/mol. The molecule has 1 aliphatic rings. The Bertz CT molecular complexity index is 450. The fourth-order valence-corrected chi connectivity index (χ4v) is 3.38. The maximum atomic E-state index is 14.3. The van der Waals surface area contributed by atoms with Gasteiger partial charge in [0.05, 0.1) is 6.04 Å². The molecule has 0 saturated carbocycles. The van der Waals surface area contributed by atoms with Crippen LogP contribution < -0.4 is 5.73 Å². The van der Waals surface area contributed by atoms with Crippen LogP contribution in [0.25, 0.3) is 0 Å². The summed E-state index contributed by atoms with van der Waals surface area (Å²) in [7, 11) is 0. The maximum Gasteiger partial charge on any atom is 0.129 e. The number of likely N-dealkylation sites (tertiary alicyclic amines) is 1.